The Balaban J connectivity index is 2.24. The lowest BCUT2D eigenvalue weighted by molar-refractivity contribution is 1.22. The minimum absolute atomic E-state index is 0.0456. The Morgan fingerprint density at radius 3 is 2.25 bits per heavy atom. The predicted molar refractivity (Wildman–Crippen MR) is 97.4 cm³/mol. The third kappa shape index (κ3) is 3.07. The van der Waals surface area contributed by atoms with Crippen molar-refractivity contribution >= 4 is 23.2 Å². The Bertz CT molecular complexity index is 1020. The van der Waals surface area contributed by atoms with E-state index < -0.39 is 5.56 Å². The third-order valence-corrected chi connectivity index (χ3v) is 4.48. The summed E-state index contributed by atoms with van der Waals surface area (Å²) in [5.74, 6) is 0. The molecule has 0 atom stereocenters. The van der Waals surface area contributed by atoms with E-state index in [9.17, 15) is 10.1 Å². The maximum Gasteiger partial charge on any atom is 0.266 e. The highest BCUT2D eigenvalue weighted by atomic mass is 35.5. The average molecular weight is 355 g/mol. The Labute approximate surface area is 149 Å². The highest BCUT2D eigenvalue weighted by Gasteiger charge is 2.13. The first-order chi connectivity index (χ1) is 11.5. The highest BCUT2D eigenvalue weighted by Crippen LogP contribution is 2.31. The second kappa shape index (κ2) is 6.52. The first kappa shape index (κ1) is 16.3. The molecule has 0 aliphatic heterocycles. The zero-order valence-corrected chi connectivity index (χ0v) is 14.2. The molecule has 5 heteroatoms. The van der Waals surface area contributed by atoms with Gasteiger partial charge in [-0.25, -0.2) is 0 Å². The minimum Gasteiger partial charge on any atom is -0.321 e. The number of H-pyrrole nitrogens is 1. The number of aryl methyl sites for hydroxylation is 1. The van der Waals surface area contributed by atoms with E-state index in [2.05, 4.69) is 4.98 Å². The van der Waals surface area contributed by atoms with Crippen LogP contribution >= 0.6 is 23.2 Å². The molecule has 0 saturated heterocycles. The van der Waals surface area contributed by atoms with Gasteiger partial charge in [-0.2, -0.15) is 5.26 Å². The van der Waals surface area contributed by atoms with Crippen LogP contribution in [0.2, 0.25) is 10.0 Å². The van der Waals surface area contributed by atoms with Gasteiger partial charge in [0, 0.05) is 11.3 Å². The number of aromatic amines is 1. The number of benzene rings is 2. The van der Waals surface area contributed by atoms with Gasteiger partial charge < -0.3 is 4.98 Å². The van der Waals surface area contributed by atoms with Gasteiger partial charge >= 0.3 is 0 Å². The summed E-state index contributed by atoms with van der Waals surface area (Å²) < 4.78 is 0. The summed E-state index contributed by atoms with van der Waals surface area (Å²) in [5, 5.41) is 10.1. The van der Waals surface area contributed by atoms with Gasteiger partial charge in [0.1, 0.15) is 11.6 Å². The van der Waals surface area contributed by atoms with Crippen LogP contribution in [0.1, 0.15) is 11.1 Å². The van der Waals surface area contributed by atoms with Crippen LogP contribution in [-0.2, 0) is 0 Å². The van der Waals surface area contributed by atoms with Crippen LogP contribution in [0.3, 0.4) is 0 Å². The number of nitrogens with zero attached hydrogens (tertiary/aromatic N) is 1. The molecule has 3 nitrogen and oxygen atoms in total. The van der Waals surface area contributed by atoms with Crippen LogP contribution in [0.25, 0.3) is 22.4 Å². The lowest BCUT2D eigenvalue weighted by Crippen LogP contribution is -2.12. The molecule has 0 bridgehead atoms. The fourth-order valence-corrected chi connectivity index (χ4v) is 2.75. The van der Waals surface area contributed by atoms with Gasteiger partial charge in [0.15, 0.2) is 0 Å². The van der Waals surface area contributed by atoms with Crippen molar-refractivity contribution in [3.8, 4) is 28.5 Å². The second-order valence-electron chi connectivity index (χ2n) is 5.41. The second-order valence-corrected chi connectivity index (χ2v) is 6.22. The molecule has 2 aromatic carbocycles. The maximum atomic E-state index is 12.3. The van der Waals surface area contributed by atoms with Crippen molar-refractivity contribution in [2.24, 2.45) is 0 Å². The van der Waals surface area contributed by atoms with Crippen LogP contribution in [0.5, 0.6) is 0 Å². The summed E-state index contributed by atoms with van der Waals surface area (Å²) in [7, 11) is 0. The highest BCUT2D eigenvalue weighted by molar-refractivity contribution is 6.42. The molecule has 3 rings (SSSR count). The van der Waals surface area contributed by atoms with Crippen LogP contribution in [0, 0.1) is 18.3 Å². The van der Waals surface area contributed by atoms with Crippen LogP contribution < -0.4 is 5.56 Å². The molecule has 0 aliphatic carbocycles. The quantitative estimate of drug-likeness (QED) is 0.687. The van der Waals surface area contributed by atoms with Gasteiger partial charge in [0.2, 0.25) is 0 Å². The predicted octanol–water partition coefficient (Wildman–Crippen LogP) is 5.20. The molecular weight excluding hydrogens is 343 g/mol. The van der Waals surface area contributed by atoms with Crippen molar-refractivity contribution in [1.82, 2.24) is 4.98 Å². The number of rotatable bonds is 2. The average Bonchev–Trinajstić information content (AvgIpc) is 2.57. The monoisotopic (exact) mass is 354 g/mol. The zero-order valence-electron chi connectivity index (χ0n) is 12.7. The molecule has 0 saturated carbocycles. The van der Waals surface area contributed by atoms with Crippen molar-refractivity contribution in [2.75, 3.05) is 0 Å². The smallest absolute Gasteiger partial charge is 0.266 e. The lowest BCUT2D eigenvalue weighted by Gasteiger charge is -2.09. The van der Waals surface area contributed by atoms with E-state index in [1.165, 1.54) is 0 Å². The van der Waals surface area contributed by atoms with Crippen LogP contribution in [0.4, 0.5) is 0 Å². The van der Waals surface area contributed by atoms with Crippen molar-refractivity contribution in [1.29, 1.82) is 5.26 Å². The van der Waals surface area contributed by atoms with E-state index in [-0.39, 0.29) is 5.56 Å². The molecule has 1 heterocycles. The number of pyridine rings is 1. The molecule has 0 fully saturated rings. The summed E-state index contributed by atoms with van der Waals surface area (Å²) in [5.41, 5.74) is 3.43. The summed E-state index contributed by atoms with van der Waals surface area (Å²) in [6, 6.07) is 16.6. The van der Waals surface area contributed by atoms with Gasteiger partial charge in [0.05, 0.1) is 10.0 Å². The van der Waals surface area contributed by atoms with Gasteiger partial charge in [0.25, 0.3) is 5.56 Å². The minimum atomic E-state index is -0.434. The Morgan fingerprint density at radius 1 is 0.958 bits per heavy atom. The molecule has 1 aromatic heterocycles. The number of nitriles is 1. The first-order valence-corrected chi connectivity index (χ1v) is 7.95. The van der Waals surface area contributed by atoms with Crippen LogP contribution in [0.15, 0.2) is 53.3 Å². The molecule has 118 valence electrons. The van der Waals surface area contributed by atoms with E-state index >= 15 is 0 Å². The zero-order chi connectivity index (χ0) is 17.3. The molecule has 0 spiro atoms. The number of nitrogens with one attached hydrogen (secondary N) is 1. The maximum absolute atomic E-state index is 12.3. The summed E-state index contributed by atoms with van der Waals surface area (Å²) in [6.07, 6.45) is 0. The normalized spacial score (nSPS) is 10.4. The van der Waals surface area contributed by atoms with Crippen molar-refractivity contribution in [2.45, 2.75) is 6.92 Å². The SMILES string of the molecule is Cc1ccc(-c2cc(-c3ccc(Cl)c(Cl)c3)c(C#N)c(=O)[nH]2)cc1. The Morgan fingerprint density at radius 2 is 1.62 bits per heavy atom. The summed E-state index contributed by atoms with van der Waals surface area (Å²) in [4.78, 5) is 15.1. The van der Waals surface area contributed by atoms with Gasteiger partial charge in [-0.3, -0.25) is 4.79 Å². The summed E-state index contributed by atoms with van der Waals surface area (Å²) >= 11 is 12.0. The molecule has 1 N–H and O–H groups in total. The van der Waals surface area contributed by atoms with E-state index in [0.29, 0.717) is 26.9 Å². The Kier molecular flexibility index (Phi) is 4.44. The first-order valence-electron chi connectivity index (χ1n) is 7.19. The molecule has 0 unspecified atom stereocenters. The third-order valence-electron chi connectivity index (χ3n) is 3.74. The van der Waals surface area contributed by atoms with Gasteiger partial charge in [-0.05, 0) is 36.2 Å². The van der Waals surface area contributed by atoms with Gasteiger partial charge in [-0.15, -0.1) is 0 Å². The molecule has 0 amide bonds. The molecule has 0 aliphatic rings. The number of hydrogen-bond acceptors (Lipinski definition) is 2. The topological polar surface area (TPSA) is 56.6 Å². The largest absolute Gasteiger partial charge is 0.321 e. The fourth-order valence-electron chi connectivity index (χ4n) is 2.45. The van der Waals surface area contributed by atoms with Crippen molar-refractivity contribution in [3.05, 3.63) is 80.1 Å². The van der Waals surface area contributed by atoms with Crippen molar-refractivity contribution < 1.29 is 0 Å². The van der Waals surface area contributed by atoms with E-state index in [1.807, 2.05) is 37.3 Å². The fraction of sp³-hybridized carbons (Fsp3) is 0.0526. The summed E-state index contributed by atoms with van der Waals surface area (Å²) in [6.45, 7) is 1.99. The molecule has 0 radical (unpaired) electrons. The lowest BCUT2D eigenvalue weighted by atomic mass is 9.99. The van der Waals surface area contributed by atoms with E-state index in [0.717, 1.165) is 11.1 Å². The van der Waals surface area contributed by atoms with Crippen molar-refractivity contribution in [3.63, 3.8) is 0 Å². The number of hydrogen-bond donors (Lipinski definition) is 1. The standard InChI is InChI=1S/C19H12Cl2N2O/c1-11-2-4-12(5-3-11)18-9-14(15(10-22)19(24)23-18)13-6-7-16(20)17(21)8-13/h2-9H,1H3,(H,23,24). The van der Waals surface area contributed by atoms with E-state index in [4.69, 9.17) is 23.2 Å². The van der Waals surface area contributed by atoms with Gasteiger partial charge in [-0.1, -0.05) is 59.1 Å². The number of aromatic nitrogens is 1. The van der Waals surface area contributed by atoms with E-state index in [1.54, 1.807) is 24.3 Å². The number of halogens is 2. The molecule has 3 aromatic rings. The van der Waals surface area contributed by atoms with Crippen LogP contribution in [-0.4, -0.2) is 4.98 Å². The molecule has 24 heavy (non-hydrogen) atoms. The molecular formula is C19H12Cl2N2O. The Hall–Kier alpha value is -2.54.